The molecule has 0 saturated carbocycles. The predicted molar refractivity (Wildman–Crippen MR) is 83.0 cm³/mol. The molecule has 1 atom stereocenters. The van der Waals surface area contributed by atoms with Gasteiger partial charge in [0.15, 0.2) is 6.61 Å². The second kappa shape index (κ2) is 10.1. The van der Waals surface area contributed by atoms with Gasteiger partial charge in [-0.25, -0.2) is 0 Å². The molecule has 4 nitrogen and oxygen atoms in total. The second-order valence-corrected chi connectivity index (χ2v) is 4.92. The van der Waals surface area contributed by atoms with E-state index in [9.17, 15) is 4.79 Å². The van der Waals surface area contributed by atoms with E-state index >= 15 is 0 Å². The zero-order valence-electron chi connectivity index (χ0n) is 11.1. The molecule has 0 radical (unpaired) electrons. The van der Waals surface area contributed by atoms with Crippen LogP contribution in [0.1, 0.15) is 13.8 Å². The lowest BCUT2D eigenvalue weighted by Crippen LogP contribution is -2.40. The summed E-state index contributed by atoms with van der Waals surface area (Å²) in [5.74, 6) is 0.569. The predicted octanol–water partition coefficient (Wildman–Crippen LogP) is 2.36. The summed E-state index contributed by atoms with van der Waals surface area (Å²) in [5.41, 5.74) is 0. The fourth-order valence-corrected chi connectivity index (χ4v) is 1.82. The second-order valence-electron chi connectivity index (χ2n) is 4.01. The molecule has 0 unspecified atom stereocenters. The summed E-state index contributed by atoms with van der Waals surface area (Å²) in [4.78, 5) is 11.5. The van der Waals surface area contributed by atoms with Crippen molar-refractivity contribution < 1.29 is 9.53 Å². The monoisotopic (exact) mass is 350 g/mol. The van der Waals surface area contributed by atoms with Crippen molar-refractivity contribution in [3.8, 4) is 5.75 Å². The van der Waals surface area contributed by atoms with E-state index in [1.807, 2.05) is 38.1 Å². The minimum Gasteiger partial charge on any atom is -0.484 e. The number of ether oxygens (including phenoxy) is 1. The van der Waals surface area contributed by atoms with Crippen molar-refractivity contribution in [3.05, 3.63) is 28.7 Å². The van der Waals surface area contributed by atoms with E-state index in [1.54, 1.807) is 0 Å². The van der Waals surface area contributed by atoms with Crippen LogP contribution in [0, 0.1) is 0 Å². The first kappa shape index (κ1) is 18.2. The van der Waals surface area contributed by atoms with Crippen molar-refractivity contribution in [2.45, 2.75) is 19.9 Å². The van der Waals surface area contributed by atoms with Gasteiger partial charge in [0.2, 0.25) is 0 Å². The van der Waals surface area contributed by atoms with E-state index in [-0.39, 0.29) is 31.0 Å². The number of likely N-dealkylation sites (N-methyl/N-ethyl adjacent to an activating group) is 1. The van der Waals surface area contributed by atoms with Crippen LogP contribution in [-0.4, -0.2) is 31.6 Å². The van der Waals surface area contributed by atoms with Crippen molar-refractivity contribution >= 4 is 34.2 Å². The molecule has 0 fully saturated rings. The number of carbonyl (C=O) groups excluding carboxylic acids is 1. The summed E-state index contributed by atoms with van der Waals surface area (Å²) in [5, 5.41) is 6.03. The van der Waals surface area contributed by atoms with E-state index in [0.29, 0.717) is 12.3 Å². The van der Waals surface area contributed by atoms with Crippen LogP contribution in [0.4, 0.5) is 0 Å². The Kier molecular flexibility index (Phi) is 9.65. The number of hydrogen-bond donors (Lipinski definition) is 2. The summed E-state index contributed by atoms with van der Waals surface area (Å²) in [7, 11) is 0. The molecule has 0 bridgehead atoms. The lowest BCUT2D eigenvalue weighted by atomic mass is 10.3. The van der Waals surface area contributed by atoms with Gasteiger partial charge < -0.3 is 15.4 Å². The van der Waals surface area contributed by atoms with Gasteiger partial charge in [-0.05, 0) is 31.7 Å². The molecule has 108 valence electrons. The molecule has 0 aromatic heterocycles. The molecule has 1 aromatic rings. The molecule has 0 heterocycles. The zero-order valence-corrected chi connectivity index (χ0v) is 13.5. The highest BCUT2D eigenvalue weighted by Crippen LogP contribution is 2.17. The summed E-state index contributed by atoms with van der Waals surface area (Å²) in [6.45, 7) is 5.60. The van der Waals surface area contributed by atoms with Gasteiger partial charge in [-0.3, -0.25) is 4.79 Å². The Balaban J connectivity index is 0.00000324. The Morgan fingerprint density at radius 2 is 2.21 bits per heavy atom. The number of rotatable bonds is 7. The summed E-state index contributed by atoms with van der Waals surface area (Å²) in [6.07, 6.45) is 0. The lowest BCUT2D eigenvalue weighted by Gasteiger charge is -2.13. The van der Waals surface area contributed by atoms with E-state index in [4.69, 9.17) is 4.74 Å². The zero-order chi connectivity index (χ0) is 13.4. The van der Waals surface area contributed by atoms with Gasteiger partial charge in [0.05, 0.1) is 0 Å². The molecular formula is C13H20BrClN2O2. The SMILES string of the molecule is CCN[C@H](C)CNC(=O)COc1cccc(Br)c1.Cl. The summed E-state index contributed by atoms with van der Waals surface area (Å²) < 4.78 is 6.31. The molecule has 0 aliphatic rings. The van der Waals surface area contributed by atoms with Crippen LogP contribution in [-0.2, 0) is 4.79 Å². The molecule has 0 saturated heterocycles. The third kappa shape index (κ3) is 8.08. The normalized spacial score (nSPS) is 11.3. The maximum absolute atomic E-state index is 11.5. The number of benzene rings is 1. The third-order valence-corrected chi connectivity index (χ3v) is 2.82. The number of nitrogens with one attached hydrogen (secondary N) is 2. The minimum atomic E-state index is -0.111. The van der Waals surface area contributed by atoms with Crippen molar-refractivity contribution in [3.63, 3.8) is 0 Å². The van der Waals surface area contributed by atoms with Gasteiger partial charge in [0.25, 0.3) is 5.91 Å². The highest BCUT2D eigenvalue weighted by Gasteiger charge is 2.05. The largest absolute Gasteiger partial charge is 0.484 e. The fraction of sp³-hybridized carbons (Fsp3) is 0.462. The summed E-state index contributed by atoms with van der Waals surface area (Å²) >= 11 is 3.35. The van der Waals surface area contributed by atoms with Gasteiger partial charge >= 0.3 is 0 Å². The first-order valence-electron chi connectivity index (χ1n) is 6.00. The highest BCUT2D eigenvalue weighted by atomic mass is 79.9. The van der Waals surface area contributed by atoms with Crippen LogP contribution in [0.15, 0.2) is 28.7 Å². The Hall–Kier alpha value is -0.780. The molecule has 6 heteroatoms. The van der Waals surface area contributed by atoms with E-state index in [2.05, 4.69) is 26.6 Å². The van der Waals surface area contributed by atoms with Crippen molar-refractivity contribution in [1.29, 1.82) is 0 Å². The van der Waals surface area contributed by atoms with Gasteiger partial charge in [-0.1, -0.05) is 28.9 Å². The third-order valence-electron chi connectivity index (χ3n) is 2.32. The van der Waals surface area contributed by atoms with Crippen molar-refractivity contribution in [1.82, 2.24) is 10.6 Å². The molecule has 0 aliphatic carbocycles. The smallest absolute Gasteiger partial charge is 0.257 e. The maximum Gasteiger partial charge on any atom is 0.257 e. The molecular weight excluding hydrogens is 332 g/mol. The topological polar surface area (TPSA) is 50.4 Å². The van der Waals surface area contributed by atoms with E-state index < -0.39 is 0 Å². The van der Waals surface area contributed by atoms with Gasteiger partial charge in [0.1, 0.15) is 5.75 Å². The standard InChI is InChI=1S/C13H19BrN2O2.ClH/c1-3-15-10(2)8-16-13(17)9-18-12-6-4-5-11(14)7-12;/h4-7,10,15H,3,8-9H2,1-2H3,(H,16,17);1H/t10-;/m1./s1. The Bertz CT molecular complexity index is 391. The van der Waals surface area contributed by atoms with Gasteiger partial charge in [0, 0.05) is 17.1 Å². The molecule has 2 N–H and O–H groups in total. The molecule has 1 aromatic carbocycles. The molecule has 1 amide bonds. The number of hydrogen-bond acceptors (Lipinski definition) is 3. The Morgan fingerprint density at radius 1 is 1.47 bits per heavy atom. The first-order chi connectivity index (χ1) is 8.61. The molecule has 0 aliphatic heterocycles. The van der Waals surface area contributed by atoms with Crippen molar-refractivity contribution in [2.75, 3.05) is 19.7 Å². The molecule has 0 spiro atoms. The van der Waals surface area contributed by atoms with E-state index in [1.165, 1.54) is 0 Å². The van der Waals surface area contributed by atoms with Crippen LogP contribution in [0.3, 0.4) is 0 Å². The lowest BCUT2D eigenvalue weighted by molar-refractivity contribution is -0.123. The van der Waals surface area contributed by atoms with Gasteiger partial charge in [-0.15, -0.1) is 12.4 Å². The average Bonchev–Trinajstić information content (AvgIpc) is 2.34. The van der Waals surface area contributed by atoms with Crippen LogP contribution >= 0.6 is 28.3 Å². The highest BCUT2D eigenvalue weighted by molar-refractivity contribution is 9.10. The van der Waals surface area contributed by atoms with Gasteiger partial charge in [-0.2, -0.15) is 0 Å². The number of amides is 1. The number of carbonyl (C=O) groups is 1. The fourth-order valence-electron chi connectivity index (χ4n) is 1.44. The van der Waals surface area contributed by atoms with Crippen LogP contribution in [0.25, 0.3) is 0 Å². The van der Waals surface area contributed by atoms with Crippen LogP contribution in [0.5, 0.6) is 5.75 Å². The van der Waals surface area contributed by atoms with E-state index in [0.717, 1.165) is 11.0 Å². The maximum atomic E-state index is 11.5. The minimum absolute atomic E-state index is 0. The summed E-state index contributed by atoms with van der Waals surface area (Å²) in [6, 6.07) is 7.69. The average molecular weight is 352 g/mol. The van der Waals surface area contributed by atoms with Crippen LogP contribution in [0.2, 0.25) is 0 Å². The first-order valence-corrected chi connectivity index (χ1v) is 6.79. The Labute approximate surface area is 128 Å². The van der Waals surface area contributed by atoms with Crippen LogP contribution < -0.4 is 15.4 Å². The molecule has 1 rings (SSSR count). The Morgan fingerprint density at radius 3 is 2.84 bits per heavy atom. The quantitative estimate of drug-likeness (QED) is 0.793. The number of halogens is 2. The van der Waals surface area contributed by atoms with Crippen molar-refractivity contribution in [2.24, 2.45) is 0 Å². The molecule has 19 heavy (non-hydrogen) atoms.